The van der Waals surface area contributed by atoms with E-state index in [-0.39, 0.29) is 0 Å². The number of hydrogen-bond donors (Lipinski definition) is 0. The molecule has 1 rings (SSSR count). The van der Waals surface area contributed by atoms with Crippen LogP contribution in [0.3, 0.4) is 0 Å². The molecule has 10 heavy (non-hydrogen) atoms. The molecule has 1 aliphatic heterocycles. The van der Waals surface area contributed by atoms with E-state index in [9.17, 15) is 4.79 Å². The summed E-state index contributed by atoms with van der Waals surface area (Å²) in [6.45, 7) is 7.97. The van der Waals surface area contributed by atoms with Gasteiger partial charge in [0.1, 0.15) is 12.2 Å². The van der Waals surface area contributed by atoms with E-state index in [0.717, 1.165) is 0 Å². The fourth-order valence-electron chi connectivity index (χ4n) is 0.517. The number of ether oxygens (including phenoxy) is 2. The van der Waals surface area contributed by atoms with Crippen LogP contribution >= 0.6 is 0 Å². The molecule has 0 aliphatic carbocycles. The molecule has 0 aromatic rings. The van der Waals surface area contributed by atoms with Gasteiger partial charge in [0.05, 0.1) is 0 Å². The Kier molecular flexibility index (Phi) is 3.19. The van der Waals surface area contributed by atoms with E-state index in [0.29, 0.717) is 6.61 Å². The zero-order chi connectivity index (χ0) is 8.20. The van der Waals surface area contributed by atoms with Crippen LogP contribution in [0.4, 0.5) is 4.79 Å². The fraction of sp³-hybridized carbons (Fsp3) is 0.857. The molecule has 0 unspecified atom stereocenters. The molecule has 0 saturated carbocycles. The van der Waals surface area contributed by atoms with Crippen molar-refractivity contribution in [1.29, 1.82) is 0 Å². The molecule has 60 valence electrons. The first-order valence-corrected chi connectivity index (χ1v) is 3.46. The van der Waals surface area contributed by atoms with E-state index in [4.69, 9.17) is 0 Å². The number of carbonyl (C=O) groups excluding carboxylic acids is 1. The van der Waals surface area contributed by atoms with Crippen LogP contribution in [-0.2, 0) is 9.47 Å². The highest BCUT2D eigenvalue weighted by Crippen LogP contribution is 2.17. The summed E-state index contributed by atoms with van der Waals surface area (Å²) in [4.78, 5) is 10.2. The predicted octanol–water partition coefficient (Wildman–Crippen LogP) is 1.96. The average Bonchev–Trinajstić information content (AvgIpc) is 2.15. The molecule has 0 aromatic heterocycles. The lowest BCUT2D eigenvalue weighted by atomic mass is 10.2. The SMILES string of the molecule is CC.CC1(C)COC(=O)O1. The molecular formula is C7H14O3. The van der Waals surface area contributed by atoms with Gasteiger partial charge in [-0.3, -0.25) is 0 Å². The summed E-state index contributed by atoms with van der Waals surface area (Å²) in [5.41, 5.74) is -0.406. The van der Waals surface area contributed by atoms with Crippen molar-refractivity contribution >= 4 is 6.16 Å². The normalized spacial score (nSPS) is 20.2. The van der Waals surface area contributed by atoms with Crippen LogP contribution in [0.5, 0.6) is 0 Å². The van der Waals surface area contributed by atoms with Gasteiger partial charge in [-0.2, -0.15) is 0 Å². The third kappa shape index (κ3) is 2.71. The number of carbonyl (C=O) groups is 1. The maximum Gasteiger partial charge on any atom is 0.509 e. The Balaban J connectivity index is 0.000000371. The summed E-state index contributed by atoms with van der Waals surface area (Å²) < 4.78 is 9.19. The van der Waals surface area contributed by atoms with Gasteiger partial charge in [-0.05, 0) is 13.8 Å². The lowest BCUT2D eigenvalue weighted by molar-refractivity contribution is 0.0839. The highest BCUT2D eigenvalue weighted by molar-refractivity contribution is 5.62. The van der Waals surface area contributed by atoms with E-state index in [2.05, 4.69) is 9.47 Å². The quantitative estimate of drug-likeness (QED) is 0.490. The van der Waals surface area contributed by atoms with Crippen molar-refractivity contribution < 1.29 is 14.3 Å². The fourth-order valence-corrected chi connectivity index (χ4v) is 0.517. The summed E-state index contributed by atoms with van der Waals surface area (Å²) in [5.74, 6) is 0. The van der Waals surface area contributed by atoms with Gasteiger partial charge in [0.25, 0.3) is 0 Å². The van der Waals surface area contributed by atoms with Gasteiger partial charge in [0, 0.05) is 0 Å². The van der Waals surface area contributed by atoms with Crippen LogP contribution in [0, 0.1) is 0 Å². The number of hydrogen-bond acceptors (Lipinski definition) is 3. The molecule has 3 heteroatoms. The summed E-state index contributed by atoms with van der Waals surface area (Å²) in [7, 11) is 0. The van der Waals surface area contributed by atoms with Crippen molar-refractivity contribution in [1.82, 2.24) is 0 Å². The van der Waals surface area contributed by atoms with Crippen molar-refractivity contribution in [3.8, 4) is 0 Å². The second-order valence-corrected chi connectivity index (χ2v) is 2.40. The molecule has 1 fully saturated rings. The van der Waals surface area contributed by atoms with E-state index in [1.807, 2.05) is 13.8 Å². The maximum atomic E-state index is 10.2. The van der Waals surface area contributed by atoms with Gasteiger partial charge in [-0.25, -0.2) is 4.79 Å². The van der Waals surface area contributed by atoms with Crippen LogP contribution in [0.15, 0.2) is 0 Å². The van der Waals surface area contributed by atoms with Crippen molar-refractivity contribution in [3.05, 3.63) is 0 Å². The minimum absolute atomic E-state index is 0.367. The molecule has 0 spiro atoms. The first kappa shape index (κ1) is 9.27. The van der Waals surface area contributed by atoms with E-state index in [1.165, 1.54) is 0 Å². The lowest BCUT2D eigenvalue weighted by Gasteiger charge is -2.09. The second kappa shape index (κ2) is 3.44. The van der Waals surface area contributed by atoms with Gasteiger partial charge in [-0.1, -0.05) is 13.8 Å². The Morgan fingerprint density at radius 2 is 1.90 bits per heavy atom. The maximum absolute atomic E-state index is 10.2. The Hall–Kier alpha value is -0.730. The molecule has 1 saturated heterocycles. The van der Waals surface area contributed by atoms with Gasteiger partial charge in [0.15, 0.2) is 0 Å². The molecule has 0 N–H and O–H groups in total. The number of cyclic esters (lactones) is 2. The highest BCUT2D eigenvalue weighted by atomic mass is 16.8. The Labute approximate surface area is 61.3 Å². The first-order chi connectivity index (χ1) is 4.60. The van der Waals surface area contributed by atoms with Crippen molar-refractivity contribution in [2.24, 2.45) is 0 Å². The van der Waals surface area contributed by atoms with E-state index < -0.39 is 11.8 Å². The summed E-state index contributed by atoms with van der Waals surface area (Å²) >= 11 is 0. The predicted molar refractivity (Wildman–Crippen MR) is 37.9 cm³/mol. The minimum Gasteiger partial charge on any atom is -0.430 e. The van der Waals surface area contributed by atoms with Gasteiger partial charge >= 0.3 is 6.16 Å². The van der Waals surface area contributed by atoms with Crippen LogP contribution in [0.25, 0.3) is 0 Å². The monoisotopic (exact) mass is 146 g/mol. The standard InChI is InChI=1S/C5H8O3.C2H6/c1-5(2)3-7-4(6)8-5;1-2/h3H2,1-2H3;1-2H3. The van der Waals surface area contributed by atoms with Crippen LogP contribution < -0.4 is 0 Å². The lowest BCUT2D eigenvalue weighted by Crippen LogP contribution is -2.21. The van der Waals surface area contributed by atoms with Crippen LogP contribution in [0.2, 0.25) is 0 Å². The summed E-state index contributed by atoms with van der Waals surface area (Å²) in [5, 5.41) is 0. The summed E-state index contributed by atoms with van der Waals surface area (Å²) in [6.07, 6.45) is -0.560. The van der Waals surface area contributed by atoms with Crippen molar-refractivity contribution in [2.75, 3.05) is 6.61 Å². The topological polar surface area (TPSA) is 35.5 Å². The third-order valence-electron chi connectivity index (χ3n) is 0.897. The molecule has 1 aliphatic rings. The van der Waals surface area contributed by atoms with Crippen molar-refractivity contribution in [2.45, 2.75) is 33.3 Å². The molecule has 0 bridgehead atoms. The third-order valence-corrected chi connectivity index (χ3v) is 0.897. The van der Waals surface area contributed by atoms with Crippen molar-refractivity contribution in [3.63, 3.8) is 0 Å². The van der Waals surface area contributed by atoms with E-state index in [1.54, 1.807) is 13.8 Å². The smallest absolute Gasteiger partial charge is 0.430 e. The first-order valence-electron chi connectivity index (χ1n) is 3.46. The molecule has 0 atom stereocenters. The van der Waals surface area contributed by atoms with Gasteiger partial charge < -0.3 is 9.47 Å². The molecule has 1 heterocycles. The largest absolute Gasteiger partial charge is 0.509 e. The Morgan fingerprint density at radius 3 is 2.00 bits per heavy atom. The Morgan fingerprint density at radius 1 is 1.40 bits per heavy atom. The van der Waals surface area contributed by atoms with Crippen LogP contribution in [0.1, 0.15) is 27.7 Å². The van der Waals surface area contributed by atoms with Gasteiger partial charge in [0.2, 0.25) is 0 Å². The summed E-state index contributed by atoms with van der Waals surface area (Å²) in [6, 6.07) is 0. The highest BCUT2D eigenvalue weighted by Gasteiger charge is 2.32. The van der Waals surface area contributed by atoms with E-state index >= 15 is 0 Å². The number of rotatable bonds is 0. The molecular weight excluding hydrogens is 132 g/mol. The average molecular weight is 146 g/mol. The molecule has 3 nitrogen and oxygen atoms in total. The second-order valence-electron chi connectivity index (χ2n) is 2.40. The molecule has 0 radical (unpaired) electrons. The van der Waals surface area contributed by atoms with Crippen LogP contribution in [-0.4, -0.2) is 18.4 Å². The zero-order valence-corrected chi connectivity index (χ0v) is 6.93. The molecule has 0 amide bonds. The Bertz CT molecular complexity index is 118. The molecule has 0 aromatic carbocycles. The zero-order valence-electron chi connectivity index (χ0n) is 6.93. The van der Waals surface area contributed by atoms with Gasteiger partial charge in [-0.15, -0.1) is 0 Å². The minimum atomic E-state index is -0.560.